The average molecular weight is 307 g/mol. The molecular weight excluding hydrogens is 295 g/mol. The molecule has 19 heavy (non-hydrogen) atoms. The van der Waals surface area contributed by atoms with E-state index in [1.165, 1.54) is 0 Å². The molecule has 0 aliphatic heterocycles. The van der Waals surface area contributed by atoms with E-state index in [9.17, 15) is 13.2 Å². The highest BCUT2D eigenvalue weighted by molar-refractivity contribution is 7.15. The van der Waals surface area contributed by atoms with Crippen LogP contribution in [0.5, 0.6) is 0 Å². The zero-order valence-electron chi connectivity index (χ0n) is 10.3. The first-order valence-electron chi connectivity index (χ1n) is 5.64. The maximum atomic E-state index is 12.4. The molecule has 8 heteroatoms. The minimum Gasteiger partial charge on any atom is -0.353 e. The number of nitrogens with one attached hydrogen (secondary N) is 1. The molecule has 2 aromatic heterocycles. The van der Waals surface area contributed by atoms with Gasteiger partial charge in [0.25, 0.3) is 0 Å². The Hall–Kier alpha value is -1.15. The maximum Gasteiger partial charge on any atom is 0.427 e. The van der Waals surface area contributed by atoms with Crippen LogP contribution in [0.4, 0.5) is 18.3 Å². The van der Waals surface area contributed by atoms with Crippen molar-refractivity contribution in [2.24, 2.45) is 0 Å². The Balaban J connectivity index is 2.06. The van der Waals surface area contributed by atoms with Crippen molar-refractivity contribution in [3.05, 3.63) is 27.2 Å². The molecule has 0 fully saturated rings. The summed E-state index contributed by atoms with van der Waals surface area (Å²) in [6.07, 6.45) is -2.64. The SMILES string of the molecule is CCc1nc(C(C)Nc2ncc(C(F)(F)F)s2)cs1. The Morgan fingerprint density at radius 3 is 2.68 bits per heavy atom. The van der Waals surface area contributed by atoms with Gasteiger partial charge in [-0.2, -0.15) is 13.2 Å². The Morgan fingerprint density at radius 1 is 1.42 bits per heavy atom. The first kappa shape index (κ1) is 14.3. The van der Waals surface area contributed by atoms with Crippen molar-refractivity contribution in [2.75, 3.05) is 5.32 Å². The lowest BCUT2D eigenvalue weighted by atomic mass is 10.3. The van der Waals surface area contributed by atoms with Crippen LogP contribution in [0.2, 0.25) is 0 Å². The van der Waals surface area contributed by atoms with E-state index >= 15 is 0 Å². The van der Waals surface area contributed by atoms with Crippen LogP contribution in [0.3, 0.4) is 0 Å². The standard InChI is InChI=1S/C11H12F3N3S2/c1-3-9-17-7(5-18-9)6(2)16-10-15-4-8(19-10)11(12,13)14/h4-6H,3H2,1-2H3,(H,15,16). The second-order valence-corrected chi connectivity index (χ2v) is 5.89. The van der Waals surface area contributed by atoms with Crippen molar-refractivity contribution < 1.29 is 13.2 Å². The number of aryl methyl sites for hydroxylation is 1. The van der Waals surface area contributed by atoms with Crippen molar-refractivity contribution >= 4 is 27.8 Å². The maximum absolute atomic E-state index is 12.4. The highest BCUT2D eigenvalue weighted by Gasteiger charge is 2.33. The third kappa shape index (κ3) is 3.44. The molecule has 2 aromatic rings. The summed E-state index contributed by atoms with van der Waals surface area (Å²) in [4.78, 5) is 7.43. The van der Waals surface area contributed by atoms with Crippen LogP contribution in [-0.2, 0) is 12.6 Å². The molecule has 0 bridgehead atoms. The third-order valence-electron chi connectivity index (χ3n) is 2.44. The van der Waals surface area contributed by atoms with E-state index < -0.39 is 11.1 Å². The van der Waals surface area contributed by atoms with Crippen LogP contribution in [0.15, 0.2) is 11.6 Å². The molecule has 0 aliphatic rings. The Bertz CT molecular complexity index is 547. The molecule has 104 valence electrons. The Kier molecular flexibility index (Phi) is 4.10. The molecule has 0 aliphatic carbocycles. The van der Waals surface area contributed by atoms with E-state index in [0.717, 1.165) is 23.3 Å². The van der Waals surface area contributed by atoms with Crippen LogP contribution >= 0.6 is 22.7 Å². The third-order valence-corrected chi connectivity index (χ3v) is 4.43. The molecule has 1 N–H and O–H groups in total. The molecule has 0 aromatic carbocycles. The number of anilines is 1. The zero-order chi connectivity index (χ0) is 14.0. The summed E-state index contributed by atoms with van der Waals surface area (Å²) in [5, 5.41) is 6.12. The minimum atomic E-state index is -4.34. The van der Waals surface area contributed by atoms with Crippen molar-refractivity contribution in [3.63, 3.8) is 0 Å². The fourth-order valence-corrected chi connectivity index (χ4v) is 3.03. The summed E-state index contributed by atoms with van der Waals surface area (Å²) in [6.45, 7) is 3.86. The van der Waals surface area contributed by atoms with E-state index in [4.69, 9.17) is 0 Å². The highest BCUT2D eigenvalue weighted by atomic mass is 32.1. The molecular formula is C11H12F3N3S2. The lowest BCUT2D eigenvalue weighted by Gasteiger charge is -2.09. The van der Waals surface area contributed by atoms with E-state index in [1.54, 1.807) is 11.3 Å². The number of halogens is 3. The van der Waals surface area contributed by atoms with E-state index in [-0.39, 0.29) is 11.2 Å². The number of alkyl halides is 3. The van der Waals surface area contributed by atoms with Gasteiger partial charge in [0.2, 0.25) is 0 Å². The van der Waals surface area contributed by atoms with Gasteiger partial charge in [0, 0.05) is 5.38 Å². The number of hydrogen-bond acceptors (Lipinski definition) is 5. The summed E-state index contributed by atoms with van der Waals surface area (Å²) in [7, 11) is 0. The van der Waals surface area contributed by atoms with Gasteiger partial charge in [-0.1, -0.05) is 18.3 Å². The van der Waals surface area contributed by atoms with Crippen LogP contribution in [0, 0.1) is 0 Å². The van der Waals surface area contributed by atoms with Gasteiger partial charge in [0.1, 0.15) is 4.88 Å². The van der Waals surface area contributed by atoms with Crippen LogP contribution < -0.4 is 5.32 Å². The van der Waals surface area contributed by atoms with Gasteiger partial charge in [0.05, 0.1) is 22.9 Å². The van der Waals surface area contributed by atoms with E-state index in [2.05, 4.69) is 15.3 Å². The van der Waals surface area contributed by atoms with Crippen LogP contribution in [0.1, 0.15) is 35.5 Å². The topological polar surface area (TPSA) is 37.8 Å². The molecule has 0 radical (unpaired) electrons. The van der Waals surface area contributed by atoms with Gasteiger partial charge in [0.15, 0.2) is 5.13 Å². The average Bonchev–Trinajstić information content (AvgIpc) is 2.95. The van der Waals surface area contributed by atoms with Gasteiger partial charge < -0.3 is 5.32 Å². The molecule has 0 saturated carbocycles. The summed E-state index contributed by atoms with van der Waals surface area (Å²) >= 11 is 2.15. The van der Waals surface area contributed by atoms with Gasteiger partial charge in [-0.3, -0.25) is 0 Å². The first-order chi connectivity index (χ1) is 8.90. The lowest BCUT2D eigenvalue weighted by molar-refractivity contribution is -0.134. The summed E-state index contributed by atoms with van der Waals surface area (Å²) < 4.78 is 37.3. The predicted molar refractivity (Wildman–Crippen MR) is 70.6 cm³/mol. The zero-order valence-corrected chi connectivity index (χ0v) is 11.9. The summed E-state index contributed by atoms with van der Waals surface area (Å²) in [5.74, 6) is 0. The highest BCUT2D eigenvalue weighted by Crippen LogP contribution is 2.36. The molecule has 0 amide bonds. The van der Waals surface area contributed by atoms with Gasteiger partial charge in [-0.15, -0.1) is 11.3 Å². The molecule has 2 rings (SSSR count). The number of thiazole rings is 2. The van der Waals surface area contributed by atoms with Crippen molar-refractivity contribution in [1.82, 2.24) is 9.97 Å². The molecule has 0 saturated heterocycles. The molecule has 1 atom stereocenters. The Morgan fingerprint density at radius 2 is 2.16 bits per heavy atom. The number of nitrogens with zero attached hydrogens (tertiary/aromatic N) is 2. The summed E-state index contributed by atoms with van der Waals surface area (Å²) in [6, 6.07) is -0.163. The molecule has 1 unspecified atom stereocenters. The molecule has 0 spiro atoms. The lowest BCUT2D eigenvalue weighted by Crippen LogP contribution is -2.06. The quantitative estimate of drug-likeness (QED) is 0.912. The van der Waals surface area contributed by atoms with Crippen molar-refractivity contribution in [1.29, 1.82) is 0 Å². The second kappa shape index (κ2) is 5.46. The molecule has 3 nitrogen and oxygen atoms in total. The van der Waals surface area contributed by atoms with Crippen LogP contribution in [0.25, 0.3) is 0 Å². The largest absolute Gasteiger partial charge is 0.427 e. The van der Waals surface area contributed by atoms with E-state index in [0.29, 0.717) is 11.3 Å². The van der Waals surface area contributed by atoms with Crippen molar-refractivity contribution in [3.8, 4) is 0 Å². The fourth-order valence-electron chi connectivity index (χ4n) is 1.42. The normalized spacial score (nSPS) is 13.5. The van der Waals surface area contributed by atoms with Crippen LogP contribution in [-0.4, -0.2) is 9.97 Å². The number of hydrogen-bond donors (Lipinski definition) is 1. The fraction of sp³-hybridized carbons (Fsp3) is 0.455. The predicted octanol–water partition coefficient (Wildman–Crippen LogP) is 4.35. The second-order valence-electron chi connectivity index (χ2n) is 3.91. The van der Waals surface area contributed by atoms with Crippen molar-refractivity contribution in [2.45, 2.75) is 32.5 Å². The number of rotatable bonds is 4. The monoisotopic (exact) mass is 307 g/mol. The minimum absolute atomic E-state index is 0.163. The first-order valence-corrected chi connectivity index (χ1v) is 7.33. The van der Waals surface area contributed by atoms with Gasteiger partial charge >= 0.3 is 6.18 Å². The van der Waals surface area contributed by atoms with E-state index in [1.807, 2.05) is 19.2 Å². The molecule has 2 heterocycles. The number of aromatic nitrogens is 2. The van der Waals surface area contributed by atoms with Gasteiger partial charge in [-0.05, 0) is 13.3 Å². The van der Waals surface area contributed by atoms with Gasteiger partial charge in [-0.25, -0.2) is 9.97 Å². The Labute approximate surface area is 116 Å². The smallest absolute Gasteiger partial charge is 0.353 e. The summed E-state index contributed by atoms with van der Waals surface area (Å²) in [5.41, 5.74) is 0.825.